The van der Waals surface area contributed by atoms with Crippen molar-refractivity contribution in [1.82, 2.24) is 9.13 Å². The molecule has 4 rings (SSSR count). The number of Topliss-reactive ketones (excluding diaryl/α,β-unsaturated/α-hetero) is 1. The van der Waals surface area contributed by atoms with Gasteiger partial charge in [0.15, 0.2) is 18.1 Å². The fourth-order valence-corrected chi connectivity index (χ4v) is 3.40. The Morgan fingerprint density at radius 2 is 1.82 bits per heavy atom. The minimum absolute atomic E-state index is 0.0674. The van der Waals surface area contributed by atoms with E-state index >= 15 is 0 Å². The van der Waals surface area contributed by atoms with Crippen molar-refractivity contribution < 1.29 is 23.8 Å². The maximum Gasteiger partial charge on any atom is 0.332 e. The summed E-state index contributed by atoms with van der Waals surface area (Å²) in [7, 11) is 1.25. The van der Waals surface area contributed by atoms with Crippen LogP contribution in [0.1, 0.15) is 21.5 Å². The van der Waals surface area contributed by atoms with Crippen LogP contribution in [0.5, 0.6) is 11.5 Å². The van der Waals surface area contributed by atoms with Gasteiger partial charge in [-0.2, -0.15) is 0 Å². The van der Waals surface area contributed by atoms with Gasteiger partial charge in [0.1, 0.15) is 11.4 Å². The Bertz CT molecular complexity index is 1400. The van der Waals surface area contributed by atoms with Crippen LogP contribution < -0.4 is 26.5 Å². The minimum Gasteiger partial charge on any atom is -0.454 e. The highest BCUT2D eigenvalue weighted by molar-refractivity contribution is 6.02. The first-order valence-corrected chi connectivity index (χ1v) is 10.3. The van der Waals surface area contributed by atoms with Crippen molar-refractivity contribution in [2.45, 2.75) is 6.54 Å². The summed E-state index contributed by atoms with van der Waals surface area (Å²) in [6.45, 7) is -0.515. The van der Waals surface area contributed by atoms with E-state index in [9.17, 15) is 19.2 Å². The van der Waals surface area contributed by atoms with Gasteiger partial charge in [0.25, 0.3) is 5.56 Å². The van der Waals surface area contributed by atoms with Gasteiger partial charge in [-0.1, -0.05) is 36.4 Å². The number of carbonyl (C=O) groups is 2. The van der Waals surface area contributed by atoms with Crippen molar-refractivity contribution in [1.29, 1.82) is 0 Å². The van der Waals surface area contributed by atoms with E-state index in [1.807, 2.05) is 6.07 Å². The van der Waals surface area contributed by atoms with Gasteiger partial charge in [-0.15, -0.1) is 0 Å². The average molecular weight is 463 g/mol. The molecule has 2 heterocycles. The topological polar surface area (TPSA) is 132 Å². The number of ether oxygens (including phenoxy) is 3. The van der Waals surface area contributed by atoms with Crippen molar-refractivity contribution in [2.24, 2.45) is 7.05 Å². The largest absolute Gasteiger partial charge is 0.454 e. The molecule has 3 aromatic rings. The molecule has 2 N–H and O–H groups in total. The van der Waals surface area contributed by atoms with Gasteiger partial charge >= 0.3 is 11.7 Å². The molecule has 174 valence electrons. The van der Waals surface area contributed by atoms with Crippen molar-refractivity contribution in [3.63, 3.8) is 0 Å². The molecule has 0 unspecified atom stereocenters. The minimum atomic E-state index is -0.858. The van der Waals surface area contributed by atoms with E-state index in [0.717, 1.165) is 20.8 Å². The van der Waals surface area contributed by atoms with E-state index in [1.165, 1.54) is 13.1 Å². The summed E-state index contributed by atoms with van der Waals surface area (Å²) in [5.41, 5.74) is 5.53. The molecule has 1 aliphatic rings. The molecule has 10 heteroatoms. The van der Waals surface area contributed by atoms with E-state index in [4.69, 9.17) is 19.9 Å². The second kappa shape index (κ2) is 9.49. The van der Waals surface area contributed by atoms with Crippen LogP contribution in [0.2, 0.25) is 0 Å². The lowest BCUT2D eigenvalue weighted by atomic mass is 10.2. The summed E-state index contributed by atoms with van der Waals surface area (Å²) in [4.78, 5) is 50.0. The summed E-state index contributed by atoms with van der Waals surface area (Å²) in [6.07, 6.45) is 2.63. The summed E-state index contributed by atoms with van der Waals surface area (Å²) in [6, 6.07) is 14.1. The molecule has 0 amide bonds. The zero-order chi connectivity index (χ0) is 24.2. The average Bonchev–Trinajstić information content (AvgIpc) is 3.31. The number of aromatic nitrogens is 2. The van der Waals surface area contributed by atoms with Crippen LogP contribution in [0.4, 0.5) is 5.82 Å². The number of rotatable bonds is 7. The number of ketones is 1. The first-order valence-electron chi connectivity index (χ1n) is 10.3. The van der Waals surface area contributed by atoms with E-state index in [-0.39, 0.29) is 19.2 Å². The van der Waals surface area contributed by atoms with Gasteiger partial charge in [0, 0.05) is 13.1 Å². The Morgan fingerprint density at radius 1 is 1.09 bits per heavy atom. The number of nitrogens with zero attached hydrogens (tertiary/aromatic N) is 2. The molecule has 0 aliphatic carbocycles. The lowest BCUT2D eigenvalue weighted by Gasteiger charge is -2.14. The van der Waals surface area contributed by atoms with Gasteiger partial charge in [-0.05, 0) is 29.3 Å². The molecule has 0 saturated carbocycles. The van der Waals surface area contributed by atoms with Crippen molar-refractivity contribution >= 4 is 23.6 Å². The van der Waals surface area contributed by atoms with Crippen LogP contribution in [0.3, 0.4) is 0 Å². The quantitative estimate of drug-likeness (QED) is 0.316. The summed E-state index contributed by atoms with van der Waals surface area (Å²) >= 11 is 0. The summed E-state index contributed by atoms with van der Waals surface area (Å²) in [5.74, 6) is -0.724. The van der Waals surface area contributed by atoms with E-state index in [0.29, 0.717) is 17.1 Å². The monoisotopic (exact) mass is 463 g/mol. The third kappa shape index (κ3) is 4.60. The van der Waals surface area contributed by atoms with Crippen LogP contribution in [0.25, 0.3) is 6.08 Å². The first-order chi connectivity index (χ1) is 16.3. The number of nitrogens with two attached hydrogens (primary N) is 1. The van der Waals surface area contributed by atoms with Crippen molar-refractivity contribution in [2.75, 3.05) is 19.1 Å². The molecule has 2 aromatic carbocycles. The van der Waals surface area contributed by atoms with Gasteiger partial charge < -0.3 is 19.9 Å². The third-order valence-electron chi connectivity index (χ3n) is 5.20. The Morgan fingerprint density at radius 3 is 2.59 bits per heavy atom. The predicted octanol–water partition coefficient (Wildman–Crippen LogP) is 1.35. The Hall–Kier alpha value is -4.60. The number of carbonyl (C=O) groups excluding carboxylic acids is 2. The van der Waals surface area contributed by atoms with E-state index in [2.05, 4.69) is 0 Å². The van der Waals surface area contributed by atoms with Gasteiger partial charge in [-0.3, -0.25) is 18.7 Å². The number of esters is 1. The van der Waals surface area contributed by atoms with Crippen molar-refractivity contribution in [3.05, 3.63) is 92.1 Å². The highest BCUT2D eigenvalue weighted by Crippen LogP contribution is 2.32. The van der Waals surface area contributed by atoms with Crippen LogP contribution in [-0.4, -0.2) is 34.3 Å². The van der Waals surface area contributed by atoms with Crippen molar-refractivity contribution in [3.8, 4) is 11.5 Å². The number of fused-ring (bicyclic) bond motifs is 1. The Labute approximate surface area is 193 Å². The molecular weight excluding hydrogens is 442 g/mol. The smallest absolute Gasteiger partial charge is 0.332 e. The van der Waals surface area contributed by atoms with Gasteiger partial charge in [0.05, 0.1) is 6.54 Å². The number of benzene rings is 2. The Kier molecular flexibility index (Phi) is 6.30. The molecule has 1 aromatic heterocycles. The normalized spacial score (nSPS) is 12.1. The lowest BCUT2D eigenvalue weighted by molar-refractivity contribution is -0.136. The molecule has 0 fully saturated rings. The summed E-state index contributed by atoms with van der Waals surface area (Å²) < 4.78 is 17.4. The second-order valence-electron chi connectivity index (χ2n) is 7.46. The van der Waals surface area contributed by atoms with E-state index in [1.54, 1.807) is 42.5 Å². The van der Waals surface area contributed by atoms with Gasteiger partial charge in [-0.25, -0.2) is 9.59 Å². The zero-order valence-corrected chi connectivity index (χ0v) is 18.2. The molecule has 0 saturated heterocycles. The fourth-order valence-electron chi connectivity index (χ4n) is 3.40. The van der Waals surface area contributed by atoms with Crippen LogP contribution in [0.15, 0.2) is 64.2 Å². The Balaban J connectivity index is 1.48. The van der Waals surface area contributed by atoms with Gasteiger partial charge in [0.2, 0.25) is 12.6 Å². The number of nitrogen functional groups attached to an aromatic ring is 1. The highest BCUT2D eigenvalue weighted by Gasteiger charge is 2.22. The summed E-state index contributed by atoms with van der Waals surface area (Å²) in [5, 5.41) is 0. The molecule has 0 spiro atoms. The molecule has 1 aliphatic heterocycles. The molecule has 0 bridgehead atoms. The molecular formula is C24H21N3O7. The predicted molar refractivity (Wildman–Crippen MR) is 123 cm³/mol. The molecule has 0 atom stereocenters. The van der Waals surface area contributed by atoms with Crippen LogP contribution in [0, 0.1) is 0 Å². The highest BCUT2D eigenvalue weighted by atomic mass is 16.7. The van der Waals surface area contributed by atoms with Crippen LogP contribution in [-0.2, 0) is 23.1 Å². The standard InChI is InChI=1S/C24H21N3O7/c1-26-23(30)21(22(25)27(24(26)31)12-16-5-3-2-4-6-16)17(28)13-32-20(29)10-8-15-7-9-18-19(11-15)34-14-33-18/h2-11H,12-14,25H2,1H3. The number of anilines is 1. The van der Waals surface area contributed by atoms with E-state index < -0.39 is 35.2 Å². The maximum absolute atomic E-state index is 12.7. The molecule has 34 heavy (non-hydrogen) atoms. The SMILES string of the molecule is Cn1c(=O)c(C(=O)COC(=O)C=Cc2ccc3c(c2)OCO3)c(N)n(Cc2ccccc2)c1=O. The second-order valence-corrected chi connectivity index (χ2v) is 7.46. The lowest BCUT2D eigenvalue weighted by Crippen LogP contribution is -2.43. The zero-order valence-electron chi connectivity index (χ0n) is 18.2. The first kappa shape index (κ1) is 22.6. The van der Waals surface area contributed by atoms with Crippen LogP contribution >= 0.6 is 0 Å². The number of hydrogen-bond donors (Lipinski definition) is 1. The third-order valence-corrected chi connectivity index (χ3v) is 5.20. The number of hydrogen-bond acceptors (Lipinski definition) is 8. The fraction of sp³-hybridized carbons (Fsp3) is 0.167. The molecule has 0 radical (unpaired) electrons. The molecule has 10 nitrogen and oxygen atoms in total. The maximum atomic E-state index is 12.7.